The average Bonchev–Trinajstić information content (AvgIpc) is 3.16. The molecule has 1 heterocycles. The van der Waals surface area contributed by atoms with Crippen LogP contribution in [0.25, 0.3) is 0 Å². The molecule has 30 heavy (non-hydrogen) atoms. The van der Waals surface area contributed by atoms with Crippen LogP contribution in [0, 0.1) is 49.9 Å². The Morgan fingerprint density at radius 1 is 0.900 bits per heavy atom. The molecule has 158 valence electrons. The average molecular weight is 441 g/mol. The van der Waals surface area contributed by atoms with E-state index in [0.29, 0.717) is 11.3 Å². The summed E-state index contributed by atoms with van der Waals surface area (Å²) in [6.45, 7) is 5.92. The summed E-state index contributed by atoms with van der Waals surface area (Å²) in [7, 11) is 0. The maximum atomic E-state index is 13.7. The standard InChI is InChI=1S/C21H16F5NO2S/c1-9-4-10(2)20(11(3)5-9)29-7-12-6-13(30-8-12)21(28)27-19-17(25)15(23)14(22)16(24)18(19)26/h4-6,8H,7H2,1-3H3,(H,27,28). The van der Waals surface area contributed by atoms with Gasteiger partial charge < -0.3 is 10.1 Å². The fourth-order valence-electron chi connectivity index (χ4n) is 3.01. The van der Waals surface area contributed by atoms with Crippen LogP contribution in [0.15, 0.2) is 23.6 Å². The van der Waals surface area contributed by atoms with Gasteiger partial charge in [0, 0.05) is 5.56 Å². The predicted octanol–water partition coefficient (Wildman–Crippen LogP) is 6.20. The minimum Gasteiger partial charge on any atom is -0.488 e. The van der Waals surface area contributed by atoms with Crippen LogP contribution < -0.4 is 10.1 Å². The van der Waals surface area contributed by atoms with Gasteiger partial charge in [-0.05, 0) is 43.3 Å². The molecule has 0 aliphatic heterocycles. The zero-order valence-corrected chi connectivity index (χ0v) is 16.9. The number of carbonyl (C=O) groups excluding carboxylic acids is 1. The van der Waals surface area contributed by atoms with Crippen LogP contribution in [0.1, 0.15) is 31.9 Å². The number of carbonyl (C=O) groups is 1. The van der Waals surface area contributed by atoms with Crippen molar-refractivity contribution in [2.45, 2.75) is 27.4 Å². The van der Waals surface area contributed by atoms with Crippen molar-refractivity contribution in [1.82, 2.24) is 0 Å². The molecule has 0 saturated heterocycles. The molecule has 1 amide bonds. The van der Waals surface area contributed by atoms with E-state index in [1.54, 1.807) is 10.7 Å². The van der Waals surface area contributed by atoms with Crippen LogP contribution in [0.4, 0.5) is 27.6 Å². The fraction of sp³-hybridized carbons (Fsp3) is 0.190. The molecule has 1 N–H and O–H groups in total. The van der Waals surface area contributed by atoms with Crippen molar-refractivity contribution in [3.05, 3.63) is 79.8 Å². The number of rotatable bonds is 5. The van der Waals surface area contributed by atoms with E-state index in [1.165, 1.54) is 6.07 Å². The first kappa shape index (κ1) is 21.8. The van der Waals surface area contributed by atoms with Crippen LogP contribution >= 0.6 is 11.3 Å². The van der Waals surface area contributed by atoms with Gasteiger partial charge in [0.25, 0.3) is 5.91 Å². The van der Waals surface area contributed by atoms with Gasteiger partial charge in [-0.1, -0.05) is 17.7 Å². The highest BCUT2D eigenvalue weighted by molar-refractivity contribution is 7.12. The number of amides is 1. The van der Waals surface area contributed by atoms with E-state index in [1.807, 2.05) is 32.9 Å². The number of hydrogen-bond acceptors (Lipinski definition) is 3. The first-order valence-electron chi connectivity index (χ1n) is 8.71. The highest BCUT2D eigenvalue weighted by atomic mass is 32.1. The van der Waals surface area contributed by atoms with Crippen molar-refractivity contribution >= 4 is 22.9 Å². The Morgan fingerprint density at radius 2 is 1.43 bits per heavy atom. The summed E-state index contributed by atoms with van der Waals surface area (Å²) in [5, 5.41) is 3.35. The first-order chi connectivity index (χ1) is 14.1. The van der Waals surface area contributed by atoms with Gasteiger partial charge in [-0.2, -0.15) is 0 Å². The van der Waals surface area contributed by atoms with E-state index in [-0.39, 0.29) is 11.5 Å². The Labute approximate surface area is 173 Å². The van der Waals surface area contributed by atoms with Crippen molar-refractivity contribution in [2.75, 3.05) is 5.32 Å². The summed E-state index contributed by atoms with van der Waals surface area (Å²) in [4.78, 5) is 12.3. The fourth-order valence-corrected chi connectivity index (χ4v) is 3.80. The lowest BCUT2D eigenvalue weighted by Crippen LogP contribution is -2.16. The Hall–Kier alpha value is -2.94. The second kappa shape index (κ2) is 8.43. The molecule has 2 aromatic carbocycles. The topological polar surface area (TPSA) is 38.3 Å². The van der Waals surface area contributed by atoms with Crippen LogP contribution in [0.2, 0.25) is 0 Å². The van der Waals surface area contributed by atoms with Crippen molar-refractivity contribution < 1.29 is 31.5 Å². The molecule has 1 aromatic heterocycles. The number of halogens is 5. The minimum absolute atomic E-state index is 0.0230. The molecule has 9 heteroatoms. The molecule has 3 aromatic rings. The van der Waals surface area contributed by atoms with E-state index >= 15 is 0 Å². The summed E-state index contributed by atoms with van der Waals surface area (Å²) in [6.07, 6.45) is 0. The Bertz CT molecular complexity index is 1090. The first-order valence-corrected chi connectivity index (χ1v) is 9.59. The van der Waals surface area contributed by atoms with Gasteiger partial charge in [0.1, 0.15) is 18.0 Å². The second-order valence-corrected chi connectivity index (χ2v) is 7.65. The van der Waals surface area contributed by atoms with Gasteiger partial charge in [-0.15, -0.1) is 11.3 Å². The normalized spacial score (nSPS) is 10.9. The molecule has 0 radical (unpaired) electrons. The Kier molecular flexibility index (Phi) is 6.12. The smallest absolute Gasteiger partial charge is 0.265 e. The molecule has 0 spiro atoms. The molecule has 0 unspecified atom stereocenters. The summed E-state index contributed by atoms with van der Waals surface area (Å²) >= 11 is 0.948. The predicted molar refractivity (Wildman–Crippen MR) is 103 cm³/mol. The number of thiophene rings is 1. The van der Waals surface area contributed by atoms with Crippen molar-refractivity contribution in [2.24, 2.45) is 0 Å². The molecule has 0 atom stereocenters. The second-order valence-electron chi connectivity index (χ2n) is 6.73. The van der Waals surface area contributed by atoms with Crippen molar-refractivity contribution in [3.8, 4) is 5.75 Å². The molecule has 3 nitrogen and oxygen atoms in total. The van der Waals surface area contributed by atoms with Gasteiger partial charge in [0.15, 0.2) is 23.3 Å². The quantitative estimate of drug-likeness (QED) is 0.291. The molecule has 0 fully saturated rings. The van der Waals surface area contributed by atoms with Crippen molar-refractivity contribution in [1.29, 1.82) is 0 Å². The third-order valence-electron chi connectivity index (χ3n) is 4.31. The number of ether oxygens (including phenoxy) is 1. The largest absolute Gasteiger partial charge is 0.488 e. The summed E-state index contributed by atoms with van der Waals surface area (Å²) in [5.74, 6) is -11.1. The van der Waals surface area contributed by atoms with E-state index in [9.17, 15) is 26.7 Å². The third-order valence-corrected chi connectivity index (χ3v) is 5.29. The molecule has 3 rings (SSSR count). The highest BCUT2D eigenvalue weighted by Crippen LogP contribution is 2.29. The van der Waals surface area contributed by atoms with E-state index in [4.69, 9.17) is 4.74 Å². The van der Waals surface area contributed by atoms with Gasteiger partial charge in [0.2, 0.25) is 5.82 Å². The lowest BCUT2D eigenvalue weighted by atomic mass is 10.1. The van der Waals surface area contributed by atoms with Crippen LogP contribution in [-0.4, -0.2) is 5.91 Å². The number of nitrogens with one attached hydrogen (secondary N) is 1. The van der Waals surface area contributed by atoms with Gasteiger partial charge in [-0.3, -0.25) is 4.79 Å². The third kappa shape index (κ3) is 4.16. The monoisotopic (exact) mass is 441 g/mol. The lowest BCUT2D eigenvalue weighted by molar-refractivity contribution is 0.102. The van der Waals surface area contributed by atoms with Gasteiger partial charge in [-0.25, -0.2) is 22.0 Å². The number of hydrogen-bond donors (Lipinski definition) is 1. The molecular formula is C21H16F5NO2S. The SMILES string of the molecule is Cc1cc(C)c(OCc2csc(C(=O)Nc3c(F)c(F)c(F)c(F)c3F)c2)c(C)c1. The lowest BCUT2D eigenvalue weighted by Gasteiger charge is -2.12. The van der Waals surface area contributed by atoms with E-state index < -0.39 is 40.7 Å². The molecule has 0 saturated carbocycles. The maximum Gasteiger partial charge on any atom is 0.265 e. The van der Waals surface area contributed by atoms with Crippen LogP contribution in [0.3, 0.4) is 0 Å². The Morgan fingerprint density at radius 3 is 2.00 bits per heavy atom. The van der Waals surface area contributed by atoms with Crippen LogP contribution in [0.5, 0.6) is 5.75 Å². The molecular weight excluding hydrogens is 425 g/mol. The molecule has 0 aliphatic rings. The zero-order valence-electron chi connectivity index (χ0n) is 16.1. The Balaban J connectivity index is 1.75. The number of benzene rings is 2. The summed E-state index contributed by atoms with van der Waals surface area (Å²) < 4.78 is 73.0. The van der Waals surface area contributed by atoms with Gasteiger partial charge in [0.05, 0.1) is 4.88 Å². The van der Waals surface area contributed by atoms with E-state index in [2.05, 4.69) is 0 Å². The summed E-state index contributed by atoms with van der Waals surface area (Å²) in [5.41, 5.74) is 2.22. The molecule has 0 aliphatic carbocycles. The van der Waals surface area contributed by atoms with E-state index in [0.717, 1.165) is 28.0 Å². The maximum absolute atomic E-state index is 13.7. The van der Waals surface area contributed by atoms with Crippen LogP contribution in [-0.2, 0) is 6.61 Å². The van der Waals surface area contributed by atoms with Gasteiger partial charge >= 0.3 is 0 Å². The summed E-state index contributed by atoms with van der Waals surface area (Å²) in [6, 6.07) is 5.36. The minimum atomic E-state index is -2.29. The number of anilines is 1. The highest BCUT2D eigenvalue weighted by Gasteiger charge is 2.27. The number of aryl methyl sites for hydroxylation is 3. The zero-order chi connectivity index (χ0) is 22.2. The van der Waals surface area contributed by atoms with Crippen molar-refractivity contribution in [3.63, 3.8) is 0 Å². The molecule has 0 bridgehead atoms.